The summed E-state index contributed by atoms with van der Waals surface area (Å²) < 4.78 is 4.68. The summed E-state index contributed by atoms with van der Waals surface area (Å²) in [5, 5.41) is 11.3. The molecule has 0 fully saturated rings. The van der Waals surface area contributed by atoms with Crippen LogP contribution in [0.25, 0.3) is 0 Å². The van der Waals surface area contributed by atoms with E-state index in [1.165, 1.54) is 7.11 Å². The molecule has 106 valence electrons. The van der Waals surface area contributed by atoms with Crippen LogP contribution in [0.5, 0.6) is 0 Å². The van der Waals surface area contributed by atoms with Crippen LogP contribution in [0.15, 0.2) is 24.3 Å². The number of hydrogen-bond acceptors (Lipinski definition) is 5. The van der Waals surface area contributed by atoms with Gasteiger partial charge in [0.25, 0.3) is 5.91 Å². The maximum atomic E-state index is 12.0. The molecule has 1 atom stereocenters. The van der Waals surface area contributed by atoms with E-state index in [9.17, 15) is 9.59 Å². The molecule has 1 aromatic rings. The van der Waals surface area contributed by atoms with Crippen molar-refractivity contribution in [3.05, 3.63) is 35.4 Å². The quantitative estimate of drug-likeness (QED) is 0.805. The molecule has 0 aromatic heterocycles. The summed E-state index contributed by atoms with van der Waals surface area (Å²) >= 11 is 1.59. The first-order valence-corrected chi connectivity index (χ1v) is 7.39. The molecule has 1 aromatic carbocycles. The summed E-state index contributed by atoms with van der Waals surface area (Å²) in [6.07, 6.45) is 2.44. The summed E-state index contributed by atoms with van der Waals surface area (Å²) in [5.74, 6) is -0.0695. The van der Waals surface area contributed by atoms with Crippen molar-refractivity contribution in [1.29, 1.82) is 5.26 Å². The molecule has 1 rings (SSSR count). The molecule has 0 radical (unpaired) electrons. The third-order valence-corrected chi connectivity index (χ3v) is 3.32. The number of methoxy groups -OCH3 is 1. The molecule has 0 unspecified atom stereocenters. The van der Waals surface area contributed by atoms with Crippen molar-refractivity contribution >= 4 is 23.6 Å². The number of nitriles is 1. The Morgan fingerprint density at radius 2 is 2.05 bits per heavy atom. The highest BCUT2D eigenvalue weighted by atomic mass is 32.2. The van der Waals surface area contributed by atoms with Crippen molar-refractivity contribution in [2.75, 3.05) is 19.1 Å². The van der Waals surface area contributed by atoms with Gasteiger partial charge in [0.2, 0.25) is 0 Å². The van der Waals surface area contributed by atoms with Crippen LogP contribution >= 0.6 is 11.8 Å². The maximum Gasteiger partial charge on any atom is 0.328 e. The second kappa shape index (κ2) is 8.23. The molecule has 1 N–H and O–H groups in total. The summed E-state index contributed by atoms with van der Waals surface area (Å²) in [4.78, 5) is 23.6. The molecule has 0 aliphatic heterocycles. The topological polar surface area (TPSA) is 79.2 Å². The molecule has 0 aliphatic carbocycles. The molecule has 0 aliphatic rings. The van der Waals surface area contributed by atoms with Crippen molar-refractivity contribution in [3.63, 3.8) is 0 Å². The van der Waals surface area contributed by atoms with E-state index in [2.05, 4.69) is 10.1 Å². The van der Waals surface area contributed by atoms with Gasteiger partial charge in [-0.1, -0.05) is 0 Å². The van der Waals surface area contributed by atoms with Gasteiger partial charge in [0.1, 0.15) is 6.04 Å². The standard InChI is InChI=1S/C14H16N2O3S/c1-19-14(18)12(7-8-20-2)16-13(17)11-5-3-10(9-15)4-6-11/h3-6,12H,7-8H2,1-2H3,(H,16,17)/t12-/m0/s1. The first kappa shape index (κ1) is 16.1. The van der Waals surface area contributed by atoms with Crippen LogP contribution in [0.2, 0.25) is 0 Å². The van der Waals surface area contributed by atoms with Gasteiger partial charge in [0.15, 0.2) is 0 Å². The Morgan fingerprint density at radius 1 is 1.40 bits per heavy atom. The number of carbonyl (C=O) groups excluding carboxylic acids is 2. The Kier molecular flexibility index (Phi) is 6.60. The van der Waals surface area contributed by atoms with Gasteiger partial charge < -0.3 is 10.1 Å². The van der Waals surface area contributed by atoms with E-state index in [4.69, 9.17) is 5.26 Å². The van der Waals surface area contributed by atoms with Gasteiger partial charge in [-0.25, -0.2) is 4.79 Å². The lowest BCUT2D eigenvalue weighted by atomic mass is 10.1. The predicted molar refractivity (Wildman–Crippen MR) is 77.4 cm³/mol. The smallest absolute Gasteiger partial charge is 0.328 e. The first-order chi connectivity index (χ1) is 9.62. The molecular formula is C14H16N2O3S. The molecule has 0 heterocycles. The fourth-order valence-corrected chi connectivity index (χ4v) is 2.04. The molecule has 5 nitrogen and oxygen atoms in total. The maximum absolute atomic E-state index is 12.0. The number of carbonyl (C=O) groups is 2. The third-order valence-electron chi connectivity index (χ3n) is 2.68. The Labute approximate surface area is 122 Å². The number of nitrogens with one attached hydrogen (secondary N) is 1. The van der Waals surface area contributed by atoms with Crippen LogP contribution < -0.4 is 5.32 Å². The zero-order valence-electron chi connectivity index (χ0n) is 11.4. The van der Waals surface area contributed by atoms with Crippen LogP contribution in [0.3, 0.4) is 0 Å². The van der Waals surface area contributed by atoms with E-state index < -0.39 is 12.0 Å². The van der Waals surface area contributed by atoms with Gasteiger partial charge in [0, 0.05) is 5.56 Å². The average Bonchev–Trinajstić information content (AvgIpc) is 2.50. The summed E-state index contributed by atoms with van der Waals surface area (Å²) in [7, 11) is 1.29. The summed E-state index contributed by atoms with van der Waals surface area (Å²) in [5.41, 5.74) is 0.885. The second-order valence-electron chi connectivity index (χ2n) is 4.02. The van der Waals surface area contributed by atoms with E-state index in [0.29, 0.717) is 17.5 Å². The van der Waals surface area contributed by atoms with E-state index in [0.717, 1.165) is 5.75 Å². The molecule has 1 amide bonds. The van der Waals surface area contributed by atoms with E-state index in [-0.39, 0.29) is 5.91 Å². The number of benzene rings is 1. The lowest BCUT2D eigenvalue weighted by Crippen LogP contribution is -2.41. The van der Waals surface area contributed by atoms with E-state index in [1.807, 2.05) is 12.3 Å². The molecule has 0 saturated carbocycles. The Morgan fingerprint density at radius 3 is 2.55 bits per heavy atom. The van der Waals surface area contributed by atoms with Gasteiger partial charge in [-0.2, -0.15) is 17.0 Å². The van der Waals surface area contributed by atoms with Crippen molar-refractivity contribution in [2.24, 2.45) is 0 Å². The van der Waals surface area contributed by atoms with Crippen molar-refractivity contribution in [3.8, 4) is 6.07 Å². The summed E-state index contributed by atoms with van der Waals surface area (Å²) in [6.45, 7) is 0. The Bertz CT molecular complexity index is 508. The van der Waals surface area contributed by atoms with Crippen molar-refractivity contribution < 1.29 is 14.3 Å². The van der Waals surface area contributed by atoms with Crippen molar-refractivity contribution in [1.82, 2.24) is 5.32 Å². The Balaban J connectivity index is 2.73. The van der Waals surface area contributed by atoms with Crippen LogP contribution in [-0.4, -0.2) is 37.0 Å². The number of esters is 1. The molecule has 20 heavy (non-hydrogen) atoms. The molecule has 0 spiro atoms. The monoisotopic (exact) mass is 292 g/mol. The summed E-state index contributed by atoms with van der Waals surface area (Å²) in [6, 6.07) is 7.55. The van der Waals surface area contributed by atoms with E-state index in [1.54, 1.807) is 36.0 Å². The highest BCUT2D eigenvalue weighted by Crippen LogP contribution is 2.06. The van der Waals surface area contributed by atoms with Crippen LogP contribution in [0.1, 0.15) is 22.3 Å². The molecular weight excluding hydrogens is 276 g/mol. The normalized spacial score (nSPS) is 11.2. The predicted octanol–water partition coefficient (Wildman–Crippen LogP) is 1.58. The van der Waals surface area contributed by atoms with Gasteiger partial charge >= 0.3 is 5.97 Å². The van der Waals surface area contributed by atoms with Gasteiger partial charge in [-0.3, -0.25) is 4.79 Å². The van der Waals surface area contributed by atoms with Crippen LogP contribution in [0, 0.1) is 11.3 Å². The zero-order chi connectivity index (χ0) is 15.0. The highest BCUT2D eigenvalue weighted by Gasteiger charge is 2.21. The minimum atomic E-state index is -0.657. The number of thioether (sulfide) groups is 1. The lowest BCUT2D eigenvalue weighted by molar-refractivity contribution is -0.142. The minimum absolute atomic E-state index is 0.356. The molecule has 0 saturated heterocycles. The second-order valence-corrected chi connectivity index (χ2v) is 5.01. The fourth-order valence-electron chi connectivity index (χ4n) is 1.56. The number of hydrogen-bond donors (Lipinski definition) is 1. The first-order valence-electron chi connectivity index (χ1n) is 6.00. The molecule has 6 heteroatoms. The fraction of sp³-hybridized carbons (Fsp3) is 0.357. The number of amides is 1. The SMILES string of the molecule is COC(=O)[C@H](CCSC)NC(=O)c1ccc(C#N)cc1. The third kappa shape index (κ3) is 4.59. The van der Waals surface area contributed by atoms with Gasteiger partial charge in [-0.15, -0.1) is 0 Å². The van der Waals surface area contributed by atoms with Crippen LogP contribution in [-0.2, 0) is 9.53 Å². The molecule has 0 bridgehead atoms. The minimum Gasteiger partial charge on any atom is -0.467 e. The van der Waals surface area contributed by atoms with Gasteiger partial charge in [-0.05, 0) is 42.7 Å². The average molecular weight is 292 g/mol. The lowest BCUT2D eigenvalue weighted by Gasteiger charge is -2.16. The van der Waals surface area contributed by atoms with Crippen LogP contribution in [0.4, 0.5) is 0 Å². The number of rotatable bonds is 6. The number of nitrogens with zero attached hydrogens (tertiary/aromatic N) is 1. The number of ether oxygens (including phenoxy) is 1. The van der Waals surface area contributed by atoms with E-state index >= 15 is 0 Å². The largest absolute Gasteiger partial charge is 0.467 e. The van der Waals surface area contributed by atoms with Gasteiger partial charge in [0.05, 0.1) is 18.7 Å². The van der Waals surface area contributed by atoms with Crippen molar-refractivity contribution in [2.45, 2.75) is 12.5 Å². The zero-order valence-corrected chi connectivity index (χ0v) is 12.2. The Hall–Kier alpha value is -2.00. The highest BCUT2D eigenvalue weighted by molar-refractivity contribution is 7.98.